The molecule has 2 rings (SSSR count). The maximum atomic E-state index is 12.2. The fourth-order valence-corrected chi connectivity index (χ4v) is 6.04. The fraction of sp³-hybridized carbons (Fsp3) is 0.769. The van der Waals surface area contributed by atoms with Gasteiger partial charge in [-0.25, -0.2) is 0 Å². The summed E-state index contributed by atoms with van der Waals surface area (Å²) in [4.78, 5) is 71.6. The van der Waals surface area contributed by atoms with Crippen LogP contribution in [-0.2, 0) is 76.1 Å². The van der Waals surface area contributed by atoms with E-state index < -0.39 is 96.4 Å². The van der Waals surface area contributed by atoms with E-state index in [1.54, 1.807) is 0 Å². The molecule has 0 unspecified atom stereocenters. The minimum absolute atomic E-state index is 0.0462. The van der Waals surface area contributed by atoms with Gasteiger partial charge in [0.05, 0.1) is 5.25 Å². The zero-order valence-corrected chi connectivity index (χ0v) is 25.9. The van der Waals surface area contributed by atoms with E-state index in [1.807, 2.05) is 0 Å². The number of hydrogen-bond acceptors (Lipinski definition) is 17. The van der Waals surface area contributed by atoms with Gasteiger partial charge in [-0.2, -0.15) is 0 Å². The maximum absolute atomic E-state index is 12.2. The van der Waals surface area contributed by atoms with Crippen LogP contribution in [0.5, 0.6) is 0 Å². The molecule has 0 aromatic carbocycles. The Kier molecular flexibility index (Phi) is 14.1. The molecule has 0 N–H and O–H groups in total. The van der Waals surface area contributed by atoms with Gasteiger partial charge < -0.3 is 47.4 Å². The Balaban J connectivity index is 2.46. The second-order valence-electron chi connectivity index (χ2n) is 9.53. The zero-order chi connectivity index (χ0) is 32.4. The molecule has 0 spiro atoms. The van der Waals surface area contributed by atoms with Crippen LogP contribution in [0.4, 0.5) is 0 Å². The van der Waals surface area contributed by atoms with Crippen molar-refractivity contribution >= 4 is 47.6 Å². The molecule has 0 aromatic heterocycles. The second-order valence-corrected chi connectivity index (χ2v) is 10.7. The van der Waals surface area contributed by atoms with Gasteiger partial charge in [0.25, 0.3) is 0 Å². The number of hydrogen-bond donors (Lipinski definition) is 0. The lowest BCUT2D eigenvalue weighted by molar-refractivity contribution is -0.294. The van der Waals surface area contributed by atoms with Gasteiger partial charge in [-0.15, -0.1) is 11.8 Å². The van der Waals surface area contributed by atoms with E-state index in [2.05, 4.69) is 0 Å². The van der Waals surface area contributed by atoms with Crippen LogP contribution in [-0.4, -0.2) is 123 Å². The number of rotatable bonds is 12. The molecule has 17 heteroatoms. The average molecular weight is 639 g/mol. The highest BCUT2D eigenvalue weighted by atomic mass is 32.2. The predicted molar refractivity (Wildman–Crippen MR) is 142 cm³/mol. The van der Waals surface area contributed by atoms with Crippen LogP contribution in [0.2, 0.25) is 0 Å². The number of esters is 6. The lowest BCUT2D eigenvalue weighted by atomic mass is 9.98. The molecule has 10 atom stereocenters. The standard InChI is InChI=1S/C26H38O16S/c1-11(27)35-9-17-19(36-12(2)28)22(39-15(5)31)24(26(34-8)41-17)43-10-18-20(37-13(3)29)21(38-14(4)30)23(40-16(6)32)25(33-7)42-18/h17-26H,9-10H2,1-8H3/t17-,18-,19-,20-,21+,22+,23+,24+,25+,26-/m1/s1. The van der Waals surface area contributed by atoms with Crippen molar-refractivity contribution in [2.45, 2.75) is 102 Å². The third kappa shape index (κ3) is 10.6. The summed E-state index contributed by atoms with van der Waals surface area (Å²) in [5.41, 5.74) is 0. The summed E-state index contributed by atoms with van der Waals surface area (Å²) >= 11 is 1.08. The molecule has 0 aromatic rings. The van der Waals surface area contributed by atoms with Gasteiger partial charge in [0.2, 0.25) is 0 Å². The van der Waals surface area contributed by atoms with Crippen LogP contribution in [0.1, 0.15) is 41.5 Å². The number of ether oxygens (including phenoxy) is 10. The van der Waals surface area contributed by atoms with Crippen molar-refractivity contribution in [3.63, 3.8) is 0 Å². The molecule has 2 saturated heterocycles. The van der Waals surface area contributed by atoms with Crippen LogP contribution in [0.15, 0.2) is 0 Å². The topological polar surface area (TPSA) is 195 Å². The lowest BCUT2D eigenvalue weighted by Crippen LogP contribution is -2.63. The van der Waals surface area contributed by atoms with Crippen LogP contribution >= 0.6 is 11.8 Å². The van der Waals surface area contributed by atoms with Crippen LogP contribution in [0, 0.1) is 0 Å². The van der Waals surface area contributed by atoms with E-state index in [4.69, 9.17) is 47.4 Å². The zero-order valence-electron chi connectivity index (χ0n) is 25.1. The molecule has 0 amide bonds. The molecule has 2 fully saturated rings. The second kappa shape index (κ2) is 16.7. The maximum Gasteiger partial charge on any atom is 0.303 e. The highest BCUT2D eigenvalue weighted by Gasteiger charge is 2.54. The molecule has 244 valence electrons. The Morgan fingerprint density at radius 1 is 0.535 bits per heavy atom. The van der Waals surface area contributed by atoms with Gasteiger partial charge in [-0.3, -0.25) is 28.8 Å². The Hall–Kier alpha value is -2.99. The van der Waals surface area contributed by atoms with E-state index in [0.29, 0.717) is 0 Å². The van der Waals surface area contributed by atoms with Crippen molar-refractivity contribution in [3.05, 3.63) is 0 Å². The van der Waals surface area contributed by atoms with Crippen LogP contribution in [0.25, 0.3) is 0 Å². The van der Waals surface area contributed by atoms with Gasteiger partial charge in [0, 0.05) is 61.5 Å². The third-order valence-corrected chi connectivity index (χ3v) is 7.46. The highest BCUT2D eigenvalue weighted by molar-refractivity contribution is 8.00. The molecule has 0 saturated carbocycles. The Morgan fingerprint density at radius 3 is 1.42 bits per heavy atom. The van der Waals surface area contributed by atoms with Crippen molar-refractivity contribution in [3.8, 4) is 0 Å². The van der Waals surface area contributed by atoms with Gasteiger partial charge in [0.1, 0.15) is 18.8 Å². The summed E-state index contributed by atoms with van der Waals surface area (Å²) < 4.78 is 55.2. The Labute approximate surface area is 252 Å². The number of carbonyl (C=O) groups is 6. The summed E-state index contributed by atoms with van der Waals surface area (Å²) in [5, 5.41) is -0.882. The number of carbonyl (C=O) groups excluding carboxylic acids is 6. The van der Waals surface area contributed by atoms with Gasteiger partial charge in [0.15, 0.2) is 43.1 Å². The summed E-state index contributed by atoms with van der Waals surface area (Å²) in [6.45, 7) is 6.57. The normalized spacial score (nSPS) is 32.1. The molecule has 2 aliphatic rings. The van der Waals surface area contributed by atoms with E-state index in [0.717, 1.165) is 46.4 Å². The predicted octanol–water partition coefficient (Wildman–Crippen LogP) is 0.0524. The molecule has 2 aliphatic heterocycles. The van der Waals surface area contributed by atoms with Crippen molar-refractivity contribution in [2.24, 2.45) is 0 Å². The van der Waals surface area contributed by atoms with Crippen molar-refractivity contribution < 1.29 is 76.1 Å². The summed E-state index contributed by atoms with van der Waals surface area (Å²) in [5.74, 6) is -4.31. The molecule has 16 nitrogen and oxygen atoms in total. The third-order valence-electron chi connectivity index (χ3n) is 6.06. The highest BCUT2D eigenvalue weighted by Crippen LogP contribution is 2.37. The average Bonchev–Trinajstić information content (AvgIpc) is 2.89. The minimum atomic E-state index is -1.32. The van der Waals surface area contributed by atoms with Gasteiger partial charge in [-0.05, 0) is 0 Å². The molecule has 0 radical (unpaired) electrons. The van der Waals surface area contributed by atoms with Crippen LogP contribution < -0.4 is 0 Å². The van der Waals surface area contributed by atoms with E-state index in [1.165, 1.54) is 21.1 Å². The molecule has 2 heterocycles. The molecule has 0 bridgehead atoms. The first-order valence-electron chi connectivity index (χ1n) is 13.2. The smallest absolute Gasteiger partial charge is 0.303 e. The van der Waals surface area contributed by atoms with E-state index in [-0.39, 0.29) is 12.4 Å². The van der Waals surface area contributed by atoms with Crippen molar-refractivity contribution in [1.29, 1.82) is 0 Å². The number of thioether (sulfide) groups is 1. The van der Waals surface area contributed by atoms with E-state index in [9.17, 15) is 28.8 Å². The Morgan fingerprint density at radius 2 is 0.953 bits per heavy atom. The SMILES string of the molecule is CO[C@H]1O[C@H](CS[C@@H]2[C@H](OC)O[C@H](COC(C)=O)[C@@H](OC(C)=O)[C@@H]2OC(C)=O)[C@@H](OC(C)=O)[C@H](OC(C)=O)[C@@H]1OC(C)=O. The van der Waals surface area contributed by atoms with Gasteiger partial charge >= 0.3 is 35.8 Å². The van der Waals surface area contributed by atoms with Crippen molar-refractivity contribution in [2.75, 3.05) is 26.6 Å². The largest absolute Gasteiger partial charge is 0.463 e. The molecular weight excluding hydrogens is 600 g/mol. The Bertz CT molecular complexity index is 1020. The molecular formula is C26H38O16S. The monoisotopic (exact) mass is 638 g/mol. The summed E-state index contributed by atoms with van der Waals surface area (Å²) in [7, 11) is 2.61. The van der Waals surface area contributed by atoms with E-state index >= 15 is 0 Å². The quantitative estimate of drug-likeness (QED) is 0.205. The first-order valence-corrected chi connectivity index (χ1v) is 14.2. The fourth-order valence-electron chi connectivity index (χ4n) is 4.62. The number of methoxy groups -OCH3 is 2. The minimum Gasteiger partial charge on any atom is -0.463 e. The van der Waals surface area contributed by atoms with Crippen molar-refractivity contribution in [1.82, 2.24) is 0 Å². The molecule has 43 heavy (non-hydrogen) atoms. The first-order chi connectivity index (χ1) is 20.2. The lowest BCUT2D eigenvalue weighted by Gasteiger charge is -2.46. The van der Waals surface area contributed by atoms with Gasteiger partial charge in [-0.1, -0.05) is 0 Å². The summed E-state index contributed by atoms with van der Waals surface area (Å²) in [6.07, 6.45) is -10.7. The van der Waals surface area contributed by atoms with Crippen LogP contribution in [0.3, 0.4) is 0 Å². The summed E-state index contributed by atoms with van der Waals surface area (Å²) in [6, 6.07) is 0. The molecule has 0 aliphatic carbocycles. The first kappa shape index (κ1) is 36.2.